The van der Waals surface area contributed by atoms with Crippen molar-refractivity contribution in [3.8, 4) is 0 Å². The number of fused-ring (bicyclic) bond motifs is 1. The highest BCUT2D eigenvalue weighted by Crippen LogP contribution is 2.26. The molecule has 0 aliphatic carbocycles. The fraction of sp³-hybridized carbons (Fsp3) is 0.522. The molecule has 1 fully saturated rings. The van der Waals surface area contributed by atoms with E-state index in [-0.39, 0.29) is 17.7 Å². The highest BCUT2D eigenvalue weighted by molar-refractivity contribution is 5.94. The van der Waals surface area contributed by atoms with Gasteiger partial charge in [-0.2, -0.15) is 0 Å². The Bertz CT molecular complexity index is 924. The van der Waals surface area contributed by atoms with Crippen molar-refractivity contribution in [3.63, 3.8) is 0 Å². The van der Waals surface area contributed by atoms with Gasteiger partial charge in [-0.1, -0.05) is 13.8 Å². The van der Waals surface area contributed by atoms with E-state index in [1.165, 1.54) is 0 Å². The van der Waals surface area contributed by atoms with Gasteiger partial charge in [-0.05, 0) is 42.5 Å². The molecule has 0 radical (unpaired) electrons. The molecule has 0 spiro atoms. The van der Waals surface area contributed by atoms with Gasteiger partial charge in [0.2, 0.25) is 0 Å². The maximum absolute atomic E-state index is 12.9. The van der Waals surface area contributed by atoms with Crippen LogP contribution in [0.3, 0.4) is 0 Å². The van der Waals surface area contributed by atoms with E-state index >= 15 is 0 Å². The molecule has 0 bridgehead atoms. The first-order chi connectivity index (χ1) is 14.3. The molecule has 0 saturated carbocycles. The second-order valence-electron chi connectivity index (χ2n) is 8.96. The van der Waals surface area contributed by atoms with Crippen LogP contribution in [0.1, 0.15) is 52.8 Å². The standard InChI is InChI=1S/C23H30N4O3/c1-15-11-16(2)13-27(12-15)23(29)21-24-19-14-26(10-9-20(19)30-21)22(28)17-5-7-18(8-6-17)25(3)4/h5-8,15-16H,9-14H2,1-4H3/t15-,16-/m1/s1. The lowest BCUT2D eigenvalue weighted by molar-refractivity contribution is 0.0580. The molecule has 2 aliphatic rings. The number of piperidine rings is 1. The average molecular weight is 411 g/mol. The molecular weight excluding hydrogens is 380 g/mol. The number of hydrogen-bond acceptors (Lipinski definition) is 5. The summed E-state index contributed by atoms with van der Waals surface area (Å²) in [5.41, 5.74) is 2.40. The van der Waals surface area contributed by atoms with Crippen molar-refractivity contribution in [1.29, 1.82) is 0 Å². The van der Waals surface area contributed by atoms with E-state index in [2.05, 4.69) is 18.8 Å². The number of carbonyl (C=O) groups excluding carboxylic acids is 2. The van der Waals surface area contributed by atoms with Crippen LogP contribution < -0.4 is 4.90 Å². The molecular formula is C23H30N4O3. The van der Waals surface area contributed by atoms with E-state index in [1.807, 2.05) is 48.2 Å². The van der Waals surface area contributed by atoms with Crippen molar-refractivity contribution in [2.24, 2.45) is 11.8 Å². The zero-order valence-electron chi connectivity index (χ0n) is 18.2. The van der Waals surface area contributed by atoms with E-state index in [0.717, 1.165) is 31.0 Å². The lowest BCUT2D eigenvalue weighted by Gasteiger charge is -2.34. The van der Waals surface area contributed by atoms with Crippen LogP contribution in [0.4, 0.5) is 5.69 Å². The lowest BCUT2D eigenvalue weighted by Crippen LogP contribution is -2.42. The number of rotatable bonds is 3. The minimum Gasteiger partial charge on any atom is -0.437 e. The maximum Gasteiger partial charge on any atom is 0.309 e. The number of benzene rings is 1. The summed E-state index contributed by atoms with van der Waals surface area (Å²) in [4.78, 5) is 36.0. The van der Waals surface area contributed by atoms with Crippen molar-refractivity contribution >= 4 is 17.5 Å². The minimum absolute atomic E-state index is 0.0273. The Morgan fingerprint density at radius 1 is 1.03 bits per heavy atom. The first-order valence-corrected chi connectivity index (χ1v) is 10.7. The summed E-state index contributed by atoms with van der Waals surface area (Å²) in [6, 6.07) is 7.58. The molecule has 7 heteroatoms. The average Bonchev–Trinajstić information content (AvgIpc) is 3.15. The highest BCUT2D eigenvalue weighted by Gasteiger charge is 2.32. The van der Waals surface area contributed by atoms with Gasteiger partial charge in [-0.3, -0.25) is 9.59 Å². The van der Waals surface area contributed by atoms with Crippen LogP contribution in [-0.2, 0) is 13.0 Å². The molecule has 2 aromatic rings. The Hall–Kier alpha value is -2.83. The molecule has 3 heterocycles. The van der Waals surface area contributed by atoms with Gasteiger partial charge in [0.25, 0.3) is 11.8 Å². The summed E-state index contributed by atoms with van der Waals surface area (Å²) in [7, 11) is 3.94. The summed E-state index contributed by atoms with van der Waals surface area (Å²) in [6.45, 7) is 6.75. The molecule has 0 N–H and O–H groups in total. The minimum atomic E-state index is -0.139. The quantitative estimate of drug-likeness (QED) is 0.778. The molecule has 2 aliphatic heterocycles. The van der Waals surface area contributed by atoms with Crippen LogP contribution >= 0.6 is 0 Å². The SMILES string of the molecule is C[C@@H]1C[C@@H](C)CN(C(=O)c2nc3c(o2)CCN(C(=O)c2ccc(N(C)C)cc2)C3)C1. The van der Waals surface area contributed by atoms with Crippen LogP contribution in [-0.4, -0.2) is 60.3 Å². The van der Waals surface area contributed by atoms with Crippen molar-refractivity contribution in [1.82, 2.24) is 14.8 Å². The first-order valence-electron chi connectivity index (χ1n) is 10.7. The highest BCUT2D eigenvalue weighted by atomic mass is 16.4. The van der Waals surface area contributed by atoms with E-state index in [9.17, 15) is 9.59 Å². The Morgan fingerprint density at radius 3 is 2.33 bits per heavy atom. The Balaban J connectivity index is 1.46. The first kappa shape index (κ1) is 20.4. The van der Waals surface area contributed by atoms with Crippen molar-refractivity contribution in [2.75, 3.05) is 38.6 Å². The predicted octanol–water partition coefficient (Wildman–Crippen LogP) is 3.06. The van der Waals surface area contributed by atoms with Gasteiger partial charge in [0, 0.05) is 51.4 Å². The zero-order chi connectivity index (χ0) is 21.4. The summed E-state index contributed by atoms with van der Waals surface area (Å²) < 4.78 is 5.82. The van der Waals surface area contributed by atoms with Crippen molar-refractivity contribution in [3.05, 3.63) is 47.2 Å². The number of oxazole rings is 1. The number of hydrogen-bond donors (Lipinski definition) is 0. The summed E-state index contributed by atoms with van der Waals surface area (Å²) >= 11 is 0. The Morgan fingerprint density at radius 2 is 1.70 bits per heavy atom. The van der Waals surface area contributed by atoms with Gasteiger partial charge in [-0.15, -0.1) is 0 Å². The molecule has 0 unspecified atom stereocenters. The third-order valence-electron chi connectivity index (χ3n) is 5.98. The Kier molecular flexibility index (Phi) is 5.54. The van der Waals surface area contributed by atoms with Crippen LogP contribution in [0.15, 0.2) is 28.7 Å². The van der Waals surface area contributed by atoms with Crippen LogP contribution in [0, 0.1) is 11.8 Å². The van der Waals surface area contributed by atoms with Gasteiger partial charge in [0.1, 0.15) is 11.5 Å². The molecule has 1 saturated heterocycles. The van der Waals surface area contributed by atoms with Crippen LogP contribution in [0.25, 0.3) is 0 Å². The number of aromatic nitrogens is 1. The summed E-state index contributed by atoms with van der Waals surface area (Å²) in [5, 5.41) is 0. The van der Waals surface area contributed by atoms with Crippen LogP contribution in [0.2, 0.25) is 0 Å². The summed E-state index contributed by atoms with van der Waals surface area (Å²) in [6.07, 6.45) is 1.71. The Labute approximate surface area is 177 Å². The number of carbonyl (C=O) groups is 2. The molecule has 4 rings (SSSR count). The summed E-state index contributed by atoms with van der Waals surface area (Å²) in [5.74, 6) is 1.68. The monoisotopic (exact) mass is 410 g/mol. The lowest BCUT2D eigenvalue weighted by atomic mass is 9.92. The number of anilines is 1. The normalized spacial score (nSPS) is 21.3. The van der Waals surface area contributed by atoms with Gasteiger partial charge in [0.05, 0.1) is 6.54 Å². The molecule has 1 aromatic carbocycles. The van der Waals surface area contributed by atoms with Crippen molar-refractivity contribution in [2.45, 2.75) is 33.2 Å². The van der Waals surface area contributed by atoms with E-state index in [0.29, 0.717) is 42.6 Å². The fourth-order valence-corrected chi connectivity index (χ4v) is 4.51. The second-order valence-corrected chi connectivity index (χ2v) is 8.96. The molecule has 2 amide bonds. The molecule has 160 valence electrons. The third kappa shape index (κ3) is 4.06. The topological polar surface area (TPSA) is 69.9 Å². The predicted molar refractivity (Wildman–Crippen MR) is 115 cm³/mol. The van der Waals surface area contributed by atoms with Gasteiger partial charge >= 0.3 is 5.91 Å². The zero-order valence-corrected chi connectivity index (χ0v) is 18.2. The smallest absolute Gasteiger partial charge is 0.309 e. The third-order valence-corrected chi connectivity index (χ3v) is 5.98. The van der Waals surface area contributed by atoms with E-state index in [4.69, 9.17) is 4.42 Å². The number of nitrogens with zero attached hydrogens (tertiary/aromatic N) is 4. The van der Waals surface area contributed by atoms with Gasteiger partial charge in [0.15, 0.2) is 0 Å². The van der Waals surface area contributed by atoms with Gasteiger partial charge in [-0.25, -0.2) is 4.98 Å². The molecule has 30 heavy (non-hydrogen) atoms. The molecule has 2 atom stereocenters. The molecule has 7 nitrogen and oxygen atoms in total. The second kappa shape index (κ2) is 8.13. The number of likely N-dealkylation sites (tertiary alicyclic amines) is 1. The largest absolute Gasteiger partial charge is 0.437 e. The van der Waals surface area contributed by atoms with E-state index in [1.54, 1.807) is 4.90 Å². The van der Waals surface area contributed by atoms with Gasteiger partial charge < -0.3 is 19.1 Å². The number of amides is 2. The van der Waals surface area contributed by atoms with Crippen LogP contribution in [0.5, 0.6) is 0 Å². The maximum atomic E-state index is 12.9. The fourth-order valence-electron chi connectivity index (χ4n) is 4.51. The molecule has 1 aromatic heterocycles. The van der Waals surface area contributed by atoms with E-state index < -0.39 is 0 Å². The van der Waals surface area contributed by atoms with Crippen molar-refractivity contribution < 1.29 is 14.0 Å².